The van der Waals surface area contributed by atoms with E-state index in [1.807, 2.05) is 6.92 Å². The zero-order valence-corrected chi connectivity index (χ0v) is 22.7. The van der Waals surface area contributed by atoms with Gasteiger partial charge in [0.15, 0.2) is 0 Å². The molecular weight excluding hydrogens is 452 g/mol. The van der Waals surface area contributed by atoms with Gasteiger partial charge in [-0.25, -0.2) is 9.59 Å². The molecule has 0 spiro atoms. The average Bonchev–Trinajstić information content (AvgIpc) is 2.89. The van der Waals surface area contributed by atoms with Gasteiger partial charge in [-0.1, -0.05) is 77.0 Å². The molecule has 0 radical (unpaired) electrons. The van der Waals surface area contributed by atoms with Crippen molar-refractivity contribution in [3.63, 3.8) is 0 Å². The summed E-state index contributed by atoms with van der Waals surface area (Å²) in [5.74, 6) is 0.468. The van der Waals surface area contributed by atoms with Crippen molar-refractivity contribution >= 4 is 11.9 Å². The minimum Gasteiger partial charge on any atom is -0.462 e. The van der Waals surface area contributed by atoms with E-state index in [0.717, 1.165) is 12.3 Å². The maximum Gasteiger partial charge on any atom is 0.335 e. The van der Waals surface area contributed by atoms with Gasteiger partial charge < -0.3 is 14.6 Å². The van der Waals surface area contributed by atoms with Crippen LogP contribution in [0.5, 0.6) is 0 Å². The summed E-state index contributed by atoms with van der Waals surface area (Å²) in [5, 5.41) is 9.12. The average molecular weight is 499 g/mol. The van der Waals surface area contributed by atoms with Crippen LogP contribution >= 0.6 is 0 Å². The number of carbonyl (C=O) groups is 2. The van der Waals surface area contributed by atoms with Crippen LogP contribution in [-0.4, -0.2) is 36.9 Å². The number of benzene rings is 1. The van der Waals surface area contributed by atoms with Crippen molar-refractivity contribution in [1.82, 2.24) is 0 Å². The Bertz CT molecular complexity index is 863. The Morgan fingerprint density at radius 3 is 2.17 bits per heavy atom. The van der Waals surface area contributed by atoms with Crippen LogP contribution in [0.25, 0.3) is 0 Å². The Morgan fingerprint density at radius 2 is 1.61 bits per heavy atom. The van der Waals surface area contributed by atoms with Crippen molar-refractivity contribution in [3.8, 4) is 0 Å². The maximum atomic E-state index is 12.0. The monoisotopic (exact) mass is 498 g/mol. The molecule has 1 aromatic rings. The lowest BCUT2D eigenvalue weighted by atomic mass is 9.77. The number of esters is 2. The summed E-state index contributed by atoms with van der Waals surface area (Å²) < 4.78 is 10.8. The zero-order chi connectivity index (χ0) is 26.6. The third-order valence-corrected chi connectivity index (χ3v) is 7.46. The standard InChI is InChI=1S/C31H46O5/c1-6-7-8-9-25-10-14-27(15-11-25)28-16-12-26(13-17-28)18-19-31(5,21-35-29(33)23(2)3)22-36-30(34)24(4)20-32/h12-13,16-17,25,27,32H,2,4,6-11,14-15,18-22H2,1,3,5H3. The number of aryl methyl sites for hydroxylation is 1. The molecule has 1 aliphatic rings. The summed E-state index contributed by atoms with van der Waals surface area (Å²) in [6.07, 6.45) is 12.1. The molecule has 0 amide bonds. The SMILES string of the molecule is C=C(C)C(=O)OCC(C)(CCc1ccc(C2CCC(CCCCC)CC2)cc1)COC(=O)C(=C)CO. The van der Waals surface area contributed by atoms with Crippen molar-refractivity contribution in [3.05, 3.63) is 59.7 Å². The van der Waals surface area contributed by atoms with E-state index in [1.54, 1.807) is 6.92 Å². The fourth-order valence-electron chi connectivity index (χ4n) is 4.83. The highest BCUT2D eigenvalue weighted by atomic mass is 16.5. The summed E-state index contributed by atoms with van der Waals surface area (Å²) in [5.41, 5.74) is 2.39. The van der Waals surface area contributed by atoms with Gasteiger partial charge >= 0.3 is 11.9 Å². The van der Waals surface area contributed by atoms with Gasteiger partial charge in [0.25, 0.3) is 0 Å². The molecule has 1 fully saturated rings. The number of hydrogen-bond acceptors (Lipinski definition) is 5. The van der Waals surface area contributed by atoms with E-state index in [9.17, 15) is 9.59 Å². The largest absolute Gasteiger partial charge is 0.462 e. The summed E-state index contributed by atoms with van der Waals surface area (Å²) >= 11 is 0. The van der Waals surface area contributed by atoms with Crippen molar-refractivity contribution in [2.45, 2.75) is 90.9 Å². The van der Waals surface area contributed by atoms with E-state index in [-0.39, 0.29) is 18.8 Å². The summed E-state index contributed by atoms with van der Waals surface area (Å²) in [4.78, 5) is 24.0. The number of aliphatic hydroxyl groups is 1. The van der Waals surface area contributed by atoms with Gasteiger partial charge in [0.1, 0.15) is 13.2 Å². The Morgan fingerprint density at radius 1 is 1.00 bits per heavy atom. The number of ether oxygens (including phenoxy) is 2. The Balaban J connectivity index is 1.92. The van der Waals surface area contributed by atoms with Crippen molar-refractivity contribution in [2.75, 3.05) is 19.8 Å². The van der Waals surface area contributed by atoms with Gasteiger partial charge in [-0.15, -0.1) is 0 Å². The number of unbranched alkanes of at least 4 members (excludes halogenated alkanes) is 2. The second kappa shape index (κ2) is 15.0. The molecule has 1 aliphatic carbocycles. The predicted molar refractivity (Wildman–Crippen MR) is 145 cm³/mol. The van der Waals surface area contributed by atoms with E-state index in [2.05, 4.69) is 44.3 Å². The summed E-state index contributed by atoms with van der Waals surface area (Å²) in [6.45, 7) is 12.7. The van der Waals surface area contributed by atoms with Gasteiger partial charge in [0.05, 0.1) is 12.2 Å². The molecule has 5 nitrogen and oxygen atoms in total. The predicted octanol–water partition coefficient (Wildman–Crippen LogP) is 6.69. The third-order valence-electron chi connectivity index (χ3n) is 7.46. The van der Waals surface area contributed by atoms with Crippen LogP contribution in [-0.2, 0) is 25.5 Å². The number of hydrogen-bond donors (Lipinski definition) is 1. The molecular formula is C31H46O5. The quantitative estimate of drug-likeness (QED) is 0.166. The van der Waals surface area contributed by atoms with Crippen molar-refractivity contribution < 1.29 is 24.2 Å². The molecule has 2 rings (SSSR count). The Kier molecular flexibility index (Phi) is 12.4. The topological polar surface area (TPSA) is 72.8 Å². The molecule has 0 saturated heterocycles. The van der Waals surface area contributed by atoms with E-state index >= 15 is 0 Å². The molecule has 1 aromatic carbocycles. The number of aliphatic hydroxyl groups excluding tert-OH is 1. The first-order valence-electron chi connectivity index (χ1n) is 13.5. The molecule has 36 heavy (non-hydrogen) atoms. The van der Waals surface area contributed by atoms with E-state index in [1.165, 1.54) is 62.5 Å². The second-order valence-electron chi connectivity index (χ2n) is 11.0. The lowest BCUT2D eigenvalue weighted by molar-refractivity contribution is -0.149. The lowest BCUT2D eigenvalue weighted by Gasteiger charge is -2.29. The molecule has 1 atom stereocenters. The highest BCUT2D eigenvalue weighted by molar-refractivity contribution is 5.88. The highest BCUT2D eigenvalue weighted by Gasteiger charge is 2.29. The van der Waals surface area contributed by atoms with Gasteiger partial charge in [-0.2, -0.15) is 0 Å². The molecule has 0 heterocycles. The minimum atomic E-state index is -0.639. The van der Waals surface area contributed by atoms with E-state index in [0.29, 0.717) is 17.9 Å². The minimum absolute atomic E-state index is 0.00172. The molecule has 0 bridgehead atoms. The normalized spacial score (nSPS) is 19.2. The fraction of sp³-hybridized carbons (Fsp3) is 0.613. The first kappa shape index (κ1) is 29.8. The number of carbonyl (C=O) groups excluding carboxylic acids is 2. The molecule has 1 N–H and O–H groups in total. The third kappa shape index (κ3) is 9.93. The smallest absolute Gasteiger partial charge is 0.335 e. The van der Waals surface area contributed by atoms with Crippen LogP contribution in [0.1, 0.15) is 95.6 Å². The second-order valence-corrected chi connectivity index (χ2v) is 11.0. The fourth-order valence-corrected chi connectivity index (χ4v) is 4.83. The first-order valence-corrected chi connectivity index (χ1v) is 13.5. The van der Waals surface area contributed by atoms with Gasteiger partial charge in [0, 0.05) is 11.0 Å². The Labute approximate surface area is 218 Å². The molecule has 1 unspecified atom stereocenters. The molecule has 0 aromatic heterocycles. The summed E-state index contributed by atoms with van der Waals surface area (Å²) in [6, 6.07) is 8.92. The van der Waals surface area contributed by atoms with Crippen LogP contribution in [0.4, 0.5) is 0 Å². The van der Waals surface area contributed by atoms with Gasteiger partial charge in [0.2, 0.25) is 0 Å². The molecule has 5 heteroatoms. The van der Waals surface area contributed by atoms with Gasteiger partial charge in [-0.3, -0.25) is 0 Å². The zero-order valence-electron chi connectivity index (χ0n) is 22.7. The first-order chi connectivity index (χ1) is 17.2. The van der Waals surface area contributed by atoms with Crippen LogP contribution in [0.3, 0.4) is 0 Å². The molecule has 200 valence electrons. The van der Waals surface area contributed by atoms with E-state index in [4.69, 9.17) is 14.6 Å². The summed E-state index contributed by atoms with van der Waals surface area (Å²) in [7, 11) is 0. The lowest BCUT2D eigenvalue weighted by Crippen LogP contribution is -2.32. The number of rotatable bonds is 15. The van der Waals surface area contributed by atoms with Crippen LogP contribution in [0.2, 0.25) is 0 Å². The van der Waals surface area contributed by atoms with Crippen molar-refractivity contribution in [1.29, 1.82) is 0 Å². The van der Waals surface area contributed by atoms with E-state index < -0.39 is 24.0 Å². The Hall–Kier alpha value is -2.40. The van der Waals surface area contributed by atoms with Crippen LogP contribution < -0.4 is 0 Å². The maximum absolute atomic E-state index is 12.0. The highest BCUT2D eigenvalue weighted by Crippen LogP contribution is 2.38. The molecule has 1 saturated carbocycles. The van der Waals surface area contributed by atoms with Crippen LogP contribution in [0, 0.1) is 11.3 Å². The van der Waals surface area contributed by atoms with Crippen molar-refractivity contribution in [2.24, 2.45) is 11.3 Å². The van der Waals surface area contributed by atoms with Crippen LogP contribution in [0.15, 0.2) is 48.6 Å². The molecule has 0 aliphatic heterocycles. The van der Waals surface area contributed by atoms with Gasteiger partial charge in [-0.05, 0) is 68.4 Å².